The van der Waals surface area contributed by atoms with Crippen LogP contribution < -0.4 is 0 Å². The van der Waals surface area contributed by atoms with Crippen molar-refractivity contribution in [2.75, 3.05) is 0 Å². The molecule has 0 aromatic heterocycles. The van der Waals surface area contributed by atoms with Crippen molar-refractivity contribution in [3.05, 3.63) is 35.4 Å². The van der Waals surface area contributed by atoms with E-state index in [0.717, 1.165) is 18.9 Å². The van der Waals surface area contributed by atoms with Gasteiger partial charge in [0.05, 0.1) is 5.60 Å². The van der Waals surface area contributed by atoms with Crippen molar-refractivity contribution in [2.45, 2.75) is 38.7 Å². The zero-order valence-electron chi connectivity index (χ0n) is 9.56. The lowest BCUT2D eigenvalue weighted by Gasteiger charge is -2.37. The summed E-state index contributed by atoms with van der Waals surface area (Å²) < 4.78 is 26.9. The van der Waals surface area contributed by atoms with Gasteiger partial charge in [0.15, 0.2) is 11.6 Å². The van der Waals surface area contributed by atoms with Crippen LogP contribution in [0.3, 0.4) is 0 Å². The largest absolute Gasteiger partial charge is 0.384 e. The maximum atomic E-state index is 13.7. The van der Waals surface area contributed by atoms with E-state index in [9.17, 15) is 13.9 Å². The Morgan fingerprint density at radius 1 is 1.19 bits per heavy atom. The molecule has 0 bridgehead atoms. The minimum absolute atomic E-state index is 0.0926. The molecule has 0 spiro atoms. The molecule has 0 aliphatic heterocycles. The standard InChI is InChI=1S/C13H16F2O/c1-12(2)7-4-8-13(12,16)9-5-3-6-10(14)11(9)15/h3,5-6,16H,4,7-8H2,1-2H3. The molecule has 0 radical (unpaired) electrons. The van der Waals surface area contributed by atoms with Gasteiger partial charge in [-0.15, -0.1) is 0 Å². The van der Waals surface area contributed by atoms with Crippen molar-refractivity contribution in [3.63, 3.8) is 0 Å². The maximum absolute atomic E-state index is 13.7. The monoisotopic (exact) mass is 226 g/mol. The summed E-state index contributed by atoms with van der Waals surface area (Å²) in [4.78, 5) is 0. The van der Waals surface area contributed by atoms with E-state index in [2.05, 4.69) is 0 Å². The van der Waals surface area contributed by atoms with Crippen molar-refractivity contribution in [3.8, 4) is 0 Å². The molecule has 1 atom stereocenters. The van der Waals surface area contributed by atoms with E-state index in [1.54, 1.807) is 0 Å². The fourth-order valence-electron chi connectivity index (χ4n) is 2.65. The molecule has 3 heteroatoms. The van der Waals surface area contributed by atoms with Gasteiger partial charge in [0.25, 0.3) is 0 Å². The van der Waals surface area contributed by atoms with Crippen LogP contribution in [0.25, 0.3) is 0 Å². The summed E-state index contributed by atoms with van der Waals surface area (Å²) in [5.41, 5.74) is -1.57. The van der Waals surface area contributed by atoms with Crippen LogP contribution in [0.2, 0.25) is 0 Å². The fraction of sp³-hybridized carbons (Fsp3) is 0.538. The van der Waals surface area contributed by atoms with Gasteiger partial charge in [-0.2, -0.15) is 0 Å². The Kier molecular flexibility index (Phi) is 2.54. The van der Waals surface area contributed by atoms with Gasteiger partial charge >= 0.3 is 0 Å². The van der Waals surface area contributed by atoms with Gasteiger partial charge in [-0.1, -0.05) is 26.0 Å². The first-order chi connectivity index (χ1) is 7.38. The molecule has 1 N–H and O–H groups in total. The Morgan fingerprint density at radius 3 is 2.44 bits per heavy atom. The molecular weight excluding hydrogens is 210 g/mol. The van der Waals surface area contributed by atoms with Crippen LogP contribution in [0.4, 0.5) is 8.78 Å². The highest BCUT2D eigenvalue weighted by atomic mass is 19.2. The molecule has 1 unspecified atom stereocenters. The molecule has 0 amide bonds. The number of halogens is 2. The normalized spacial score (nSPS) is 28.3. The summed E-state index contributed by atoms with van der Waals surface area (Å²) in [6, 6.07) is 4.00. The first kappa shape index (κ1) is 11.5. The maximum Gasteiger partial charge on any atom is 0.164 e. The first-order valence-electron chi connectivity index (χ1n) is 5.55. The summed E-state index contributed by atoms with van der Waals surface area (Å²) in [5, 5.41) is 10.6. The minimum atomic E-state index is -1.25. The molecule has 0 saturated heterocycles. The molecule has 1 fully saturated rings. The molecule has 16 heavy (non-hydrogen) atoms. The van der Waals surface area contributed by atoms with Gasteiger partial charge in [-0.25, -0.2) is 8.78 Å². The van der Waals surface area contributed by atoms with Crippen LogP contribution in [-0.2, 0) is 5.60 Å². The second kappa shape index (κ2) is 3.52. The highest BCUT2D eigenvalue weighted by Gasteiger charge is 2.50. The Balaban J connectivity index is 2.55. The summed E-state index contributed by atoms with van der Waals surface area (Å²) in [6.45, 7) is 3.79. The average Bonchev–Trinajstić information content (AvgIpc) is 2.47. The average molecular weight is 226 g/mol. The molecule has 1 saturated carbocycles. The molecule has 1 aromatic carbocycles. The van der Waals surface area contributed by atoms with Crippen molar-refractivity contribution in [1.29, 1.82) is 0 Å². The van der Waals surface area contributed by atoms with E-state index >= 15 is 0 Å². The quantitative estimate of drug-likeness (QED) is 0.778. The van der Waals surface area contributed by atoms with Crippen molar-refractivity contribution in [1.82, 2.24) is 0 Å². The molecule has 88 valence electrons. The summed E-state index contributed by atoms with van der Waals surface area (Å²) in [7, 11) is 0. The zero-order valence-corrected chi connectivity index (χ0v) is 9.56. The van der Waals surface area contributed by atoms with Crippen LogP contribution in [0.15, 0.2) is 18.2 Å². The first-order valence-corrected chi connectivity index (χ1v) is 5.55. The molecule has 1 aliphatic carbocycles. The van der Waals surface area contributed by atoms with E-state index < -0.39 is 22.7 Å². The second-order valence-electron chi connectivity index (χ2n) is 5.20. The van der Waals surface area contributed by atoms with Crippen molar-refractivity contribution < 1.29 is 13.9 Å². The SMILES string of the molecule is CC1(C)CCCC1(O)c1cccc(F)c1F. The predicted molar refractivity (Wildman–Crippen MR) is 57.9 cm³/mol. The molecule has 2 rings (SSSR count). The zero-order chi connectivity index (χ0) is 12.0. The van der Waals surface area contributed by atoms with Crippen LogP contribution in [0.5, 0.6) is 0 Å². The third-order valence-electron chi connectivity index (χ3n) is 3.86. The smallest absolute Gasteiger partial charge is 0.164 e. The van der Waals surface area contributed by atoms with Gasteiger partial charge in [-0.05, 0) is 30.7 Å². The molecule has 1 aliphatic rings. The van der Waals surface area contributed by atoms with Gasteiger partial charge < -0.3 is 5.11 Å². The molecule has 1 aromatic rings. The lowest BCUT2D eigenvalue weighted by Crippen LogP contribution is -2.38. The van der Waals surface area contributed by atoms with E-state index in [0.29, 0.717) is 6.42 Å². The van der Waals surface area contributed by atoms with E-state index in [1.807, 2.05) is 13.8 Å². The summed E-state index contributed by atoms with van der Waals surface area (Å²) in [6.07, 6.45) is 2.14. The number of hydrogen-bond acceptors (Lipinski definition) is 1. The van der Waals surface area contributed by atoms with E-state index in [-0.39, 0.29) is 5.56 Å². The fourth-order valence-corrected chi connectivity index (χ4v) is 2.65. The molecular formula is C13H16F2O. The summed E-state index contributed by atoms with van der Waals surface area (Å²) >= 11 is 0. The third kappa shape index (κ3) is 1.46. The number of rotatable bonds is 1. The summed E-state index contributed by atoms with van der Waals surface area (Å²) in [5.74, 6) is -1.81. The number of aliphatic hydroxyl groups is 1. The van der Waals surface area contributed by atoms with Gasteiger partial charge in [0.1, 0.15) is 0 Å². The third-order valence-corrected chi connectivity index (χ3v) is 3.86. The predicted octanol–water partition coefficient (Wildman–Crippen LogP) is 3.36. The van der Waals surface area contributed by atoms with E-state index in [1.165, 1.54) is 12.1 Å². The van der Waals surface area contributed by atoms with Crippen molar-refractivity contribution in [2.24, 2.45) is 5.41 Å². The highest BCUT2D eigenvalue weighted by molar-refractivity contribution is 5.29. The van der Waals surface area contributed by atoms with Gasteiger partial charge in [-0.3, -0.25) is 0 Å². The van der Waals surface area contributed by atoms with Crippen molar-refractivity contribution >= 4 is 0 Å². The minimum Gasteiger partial charge on any atom is -0.384 e. The van der Waals surface area contributed by atoms with Crippen LogP contribution >= 0.6 is 0 Å². The van der Waals surface area contributed by atoms with Crippen LogP contribution in [0.1, 0.15) is 38.7 Å². The highest BCUT2D eigenvalue weighted by Crippen LogP contribution is 2.52. The van der Waals surface area contributed by atoms with Gasteiger partial charge in [0.2, 0.25) is 0 Å². The molecule has 0 heterocycles. The topological polar surface area (TPSA) is 20.2 Å². The Hall–Kier alpha value is -0.960. The number of benzene rings is 1. The second-order valence-corrected chi connectivity index (χ2v) is 5.20. The van der Waals surface area contributed by atoms with E-state index in [4.69, 9.17) is 0 Å². The Bertz CT molecular complexity index is 414. The van der Waals surface area contributed by atoms with Crippen LogP contribution in [0, 0.1) is 17.0 Å². The lowest BCUT2D eigenvalue weighted by molar-refractivity contribution is -0.0516. The number of hydrogen-bond donors (Lipinski definition) is 1. The Morgan fingerprint density at radius 2 is 1.88 bits per heavy atom. The molecule has 1 nitrogen and oxygen atoms in total. The van der Waals surface area contributed by atoms with Crippen LogP contribution in [-0.4, -0.2) is 5.11 Å². The van der Waals surface area contributed by atoms with Gasteiger partial charge in [0, 0.05) is 5.56 Å². The lowest BCUT2D eigenvalue weighted by atomic mass is 9.73. The Labute approximate surface area is 94.1 Å².